The minimum absolute atomic E-state index is 0.234. The second-order valence-corrected chi connectivity index (χ2v) is 3.61. The number of esters is 1. The number of hydrogen-bond donors (Lipinski definition) is 1. The molecule has 0 aromatic heterocycles. The maximum absolute atomic E-state index is 11.1. The number of rotatable bonds is 4. The molecular weight excluding hydrogens is 190 g/mol. The molecule has 0 heterocycles. The quantitative estimate of drug-likeness (QED) is 0.763. The first kappa shape index (κ1) is 11.7. The summed E-state index contributed by atoms with van der Waals surface area (Å²) >= 11 is 0. The van der Waals surface area contributed by atoms with Crippen LogP contribution in [0.3, 0.4) is 0 Å². The maximum atomic E-state index is 11.1. The van der Waals surface area contributed by atoms with Gasteiger partial charge in [-0.1, -0.05) is 29.8 Å². The summed E-state index contributed by atoms with van der Waals surface area (Å²) in [6.45, 7) is 4.52. The van der Waals surface area contributed by atoms with E-state index >= 15 is 0 Å². The molecule has 0 aliphatic carbocycles. The van der Waals surface area contributed by atoms with E-state index in [4.69, 9.17) is 0 Å². The smallest absolute Gasteiger partial charge is 0.322 e. The predicted molar refractivity (Wildman–Crippen MR) is 59.5 cm³/mol. The van der Waals surface area contributed by atoms with Crippen LogP contribution in [0.5, 0.6) is 0 Å². The summed E-state index contributed by atoms with van der Waals surface area (Å²) in [5.74, 6) is -0.234. The zero-order valence-electron chi connectivity index (χ0n) is 9.41. The first-order valence-electron chi connectivity index (χ1n) is 5.00. The largest absolute Gasteiger partial charge is 0.468 e. The Labute approximate surface area is 90.4 Å². The Kier molecular flexibility index (Phi) is 4.31. The molecule has 0 bridgehead atoms. The van der Waals surface area contributed by atoms with E-state index in [2.05, 4.69) is 16.1 Å². The van der Waals surface area contributed by atoms with Gasteiger partial charge in [0.1, 0.15) is 6.04 Å². The Hall–Kier alpha value is -1.35. The van der Waals surface area contributed by atoms with E-state index in [9.17, 15) is 4.79 Å². The third-order valence-electron chi connectivity index (χ3n) is 2.25. The lowest BCUT2D eigenvalue weighted by molar-refractivity contribution is -0.142. The van der Waals surface area contributed by atoms with Crippen LogP contribution in [0.2, 0.25) is 0 Å². The van der Waals surface area contributed by atoms with Crippen molar-refractivity contribution >= 4 is 5.97 Å². The second kappa shape index (κ2) is 5.51. The van der Waals surface area contributed by atoms with Crippen LogP contribution in [0.15, 0.2) is 24.3 Å². The highest BCUT2D eigenvalue weighted by Gasteiger charge is 2.11. The molecule has 1 aromatic rings. The number of benzene rings is 1. The highest BCUT2D eigenvalue weighted by atomic mass is 16.5. The number of ether oxygens (including phenoxy) is 1. The molecule has 15 heavy (non-hydrogen) atoms. The average molecular weight is 207 g/mol. The lowest BCUT2D eigenvalue weighted by atomic mass is 10.1. The van der Waals surface area contributed by atoms with Crippen LogP contribution in [-0.2, 0) is 16.1 Å². The standard InChI is InChI=1S/C12H17NO2/c1-9-5-4-6-11(7-9)8-13-10(2)12(14)15-3/h4-7,10,13H,8H2,1-3H3. The molecule has 0 amide bonds. The van der Waals surface area contributed by atoms with Crippen molar-refractivity contribution in [2.24, 2.45) is 0 Å². The van der Waals surface area contributed by atoms with E-state index < -0.39 is 0 Å². The van der Waals surface area contributed by atoms with Crippen LogP contribution in [0.1, 0.15) is 18.1 Å². The Morgan fingerprint density at radius 1 is 1.53 bits per heavy atom. The van der Waals surface area contributed by atoms with Gasteiger partial charge in [0, 0.05) is 6.54 Å². The summed E-state index contributed by atoms with van der Waals surface area (Å²) in [5.41, 5.74) is 2.39. The minimum Gasteiger partial charge on any atom is -0.468 e. The summed E-state index contributed by atoms with van der Waals surface area (Å²) in [5, 5.41) is 3.10. The Balaban J connectivity index is 2.47. The molecule has 82 valence electrons. The van der Waals surface area contributed by atoms with Crippen LogP contribution in [0.4, 0.5) is 0 Å². The normalized spacial score (nSPS) is 12.2. The van der Waals surface area contributed by atoms with Crippen molar-refractivity contribution in [1.29, 1.82) is 0 Å². The lowest BCUT2D eigenvalue weighted by Crippen LogP contribution is -2.34. The van der Waals surface area contributed by atoms with Crippen molar-refractivity contribution < 1.29 is 9.53 Å². The molecule has 1 aromatic carbocycles. The van der Waals surface area contributed by atoms with Crippen LogP contribution >= 0.6 is 0 Å². The van der Waals surface area contributed by atoms with Gasteiger partial charge in [-0.3, -0.25) is 4.79 Å². The third kappa shape index (κ3) is 3.72. The molecule has 0 spiro atoms. The van der Waals surface area contributed by atoms with Gasteiger partial charge < -0.3 is 10.1 Å². The topological polar surface area (TPSA) is 38.3 Å². The summed E-state index contributed by atoms with van der Waals surface area (Å²) in [4.78, 5) is 11.1. The molecule has 0 radical (unpaired) electrons. The van der Waals surface area contributed by atoms with Crippen molar-refractivity contribution in [2.75, 3.05) is 7.11 Å². The van der Waals surface area contributed by atoms with E-state index in [1.54, 1.807) is 6.92 Å². The van der Waals surface area contributed by atoms with E-state index in [0.29, 0.717) is 6.54 Å². The fourth-order valence-electron chi connectivity index (χ4n) is 1.35. The van der Waals surface area contributed by atoms with Gasteiger partial charge in [0.25, 0.3) is 0 Å². The zero-order chi connectivity index (χ0) is 11.3. The number of hydrogen-bond acceptors (Lipinski definition) is 3. The molecule has 1 atom stereocenters. The number of methoxy groups -OCH3 is 1. The minimum atomic E-state index is -0.268. The van der Waals surface area contributed by atoms with E-state index in [0.717, 1.165) is 0 Å². The number of aryl methyl sites for hydroxylation is 1. The lowest BCUT2D eigenvalue weighted by Gasteiger charge is -2.11. The highest BCUT2D eigenvalue weighted by Crippen LogP contribution is 2.03. The molecular formula is C12H17NO2. The van der Waals surface area contributed by atoms with Gasteiger partial charge in [0.15, 0.2) is 0 Å². The van der Waals surface area contributed by atoms with E-state index in [-0.39, 0.29) is 12.0 Å². The molecule has 0 saturated carbocycles. The molecule has 0 aliphatic heterocycles. The van der Waals surface area contributed by atoms with Crippen molar-refractivity contribution in [3.63, 3.8) is 0 Å². The highest BCUT2D eigenvalue weighted by molar-refractivity contribution is 5.75. The van der Waals surface area contributed by atoms with Crippen molar-refractivity contribution in [3.8, 4) is 0 Å². The predicted octanol–water partition coefficient (Wildman–Crippen LogP) is 1.65. The fraction of sp³-hybridized carbons (Fsp3) is 0.417. The van der Waals surface area contributed by atoms with Gasteiger partial charge in [0.2, 0.25) is 0 Å². The number of carbonyl (C=O) groups excluding carboxylic acids is 1. The molecule has 3 nitrogen and oxygen atoms in total. The van der Waals surface area contributed by atoms with Crippen LogP contribution in [0.25, 0.3) is 0 Å². The summed E-state index contributed by atoms with van der Waals surface area (Å²) in [7, 11) is 1.40. The number of carbonyl (C=O) groups is 1. The van der Waals surface area contributed by atoms with Gasteiger partial charge in [0.05, 0.1) is 7.11 Å². The first-order valence-corrected chi connectivity index (χ1v) is 5.00. The molecule has 0 saturated heterocycles. The van der Waals surface area contributed by atoms with Gasteiger partial charge in [-0.15, -0.1) is 0 Å². The summed E-state index contributed by atoms with van der Waals surface area (Å²) < 4.78 is 4.62. The Morgan fingerprint density at radius 2 is 2.27 bits per heavy atom. The Bertz CT molecular complexity index is 336. The second-order valence-electron chi connectivity index (χ2n) is 3.61. The SMILES string of the molecule is COC(=O)C(C)NCc1cccc(C)c1. The van der Waals surface area contributed by atoms with E-state index in [1.165, 1.54) is 18.2 Å². The monoisotopic (exact) mass is 207 g/mol. The molecule has 1 rings (SSSR count). The molecule has 1 unspecified atom stereocenters. The van der Waals surface area contributed by atoms with Crippen LogP contribution in [-0.4, -0.2) is 19.1 Å². The summed E-state index contributed by atoms with van der Waals surface area (Å²) in [6, 6.07) is 7.92. The zero-order valence-corrected chi connectivity index (χ0v) is 9.41. The van der Waals surface area contributed by atoms with Crippen LogP contribution < -0.4 is 5.32 Å². The average Bonchev–Trinajstić information content (AvgIpc) is 2.25. The number of nitrogens with one attached hydrogen (secondary N) is 1. The van der Waals surface area contributed by atoms with Gasteiger partial charge in [-0.25, -0.2) is 0 Å². The van der Waals surface area contributed by atoms with E-state index in [1.807, 2.05) is 25.1 Å². The molecule has 0 fully saturated rings. The third-order valence-corrected chi connectivity index (χ3v) is 2.25. The van der Waals surface area contributed by atoms with Crippen molar-refractivity contribution in [3.05, 3.63) is 35.4 Å². The van der Waals surface area contributed by atoms with Crippen LogP contribution in [0, 0.1) is 6.92 Å². The van der Waals surface area contributed by atoms with Gasteiger partial charge >= 0.3 is 5.97 Å². The molecule has 0 aliphatic rings. The van der Waals surface area contributed by atoms with Gasteiger partial charge in [-0.2, -0.15) is 0 Å². The Morgan fingerprint density at radius 3 is 2.87 bits per heavy atom. The van der Waals surface area contributed by atoms with Crippen molar-refractivity contribution in [1.82, 2.24) is 5.32 Å². The maximum Gasteiger partial charge on any atom is 0.322 e. The van der Waals surface area contributed by atoms with Crippen molar-refractivity contribution in [2.45, 2.75) is 26.4 Å². The summed E-state index contributed by atoms with van der Waals surface area (Å²) in [6.07, 6.45) is 0. The molecule has 1 N–H and O–H groups in total. The molecule has 3 heteroatoms. The fourth-order valence-corrected chi connectivity index (χ4v) is 1.35. The van der Waals surface area contributed by atoms with Gasteiger partial charge in [-0.05, 0) is 19.4 Å². The first-order chi connectivity index (χ1) is 7.13.